The van der Waals surface area contributed by atoms with E-state index in [9.17, 15) is 9.59 Å². The molecule has 1 fully saturated rings. The summed E-state index contributed by atoms with van der Waals surface area (Å²) in [4.78, 5) is 26.2. The van der Waals surface area contributed by atoms with Crippen molar-refractivity contribution in [2.75, 3.05) is 37.8 Å². The molecule has 1 N–H and O–H groups in total. The average Bonchev–Trinajstić information content (AvgIpc) is 3.03. The fourth-order valence-corrected chi connectivity index (χ4v) is 2.90. The van der Waals surface area contributed by atoms with Crippen molar-refractivity contribution in [3.8, 4) is 5.75 Å². The highest BCUT2D eigenvalue weighted by Gasteiger charge is 2.34. The molecule has 0 saturated carbocycles. The summed E-state index contributed by atoms with van der Waals surface area (Å²) < 4.78 is 10.9. The predicted octanol–water partition coefficient (Wildman–Crippen LogP) is 2.76. The molecule has 0 radical (unpaired) electrons. The largest absolute Gasteiger partial charge is 0.494 e. The molecule has 1 heterocycles. The van der Waals surface area contributed by atoms with Gasteiger partial charge in [0.05, 0.1) is 12.5 Å². The lowest BCUT2D eigenvalue weighted by Gasteiger charge is -2.17. The number of unbranched alkanes of at least 4 members (excludes halogenated alkanes) is 1. The molecule has 1 unspecified atom stereocenters. The topological polar surface area (TPSA) is 67.9 Å². The highest BCUT2D eigenvalue weighted by Crippen LogP contribution is 2.27. The molecule has 1 saturated heterocycles. The van der Waals surface area contributed by atoms with Gasteiger partial charge < -0.3 is 19.7 Å². The van der Waals surface area contributed by atoms with E-state index in [4.69, 9.17) is 9.47 Å². The Kier molecular flexibility index (Phi) is 8.41. The number of amides is 2. The Morgan fingerprint density at radius 3 is 2.62 bits per heavy atom. The van der Waals surface area contributed by atoms with Crippen LogP contribution in [0, 0.1) is 5.92 Å². The lowest BCUT2D eigenvalue weighted by Crippen LogP contribution is -2.33. The number of nitrogens with one attached hydrogen (secondary N) is 1. The van der Waals surface area contributed by atoms with E-state index < -0.39 is 0 Å². The van der Waals surface area contributed by atoms with Gasteiger partial charge >= 0.3 is 0 Å². The number of hydrogen-bond acceptors (Lipinski definition) is 4. The minimum Gasteiger partial charge on any atom is -0.494 e. The van der Waals surface area contributed by atoms with Gasteiger partial charge in [-0.05, 0) is 44.0 Å². The maximum Gasteiger partial charge on any atom is 0.227 e. The Morgan fingerprint density at radius 2 is 1.92 bits per heavy atom. The molecule has 0 spiro atoms. The van der Waals surface area contributed by atoms with Crippen LogP contribution in [-0.2, 0) is 14.3 Å². The van der Waals surface area contributed by atoms with Crippen molar-refractivity contribution >= 4 is 17.5 Å². The smallest absolute Gasteiger partial charge is 0.227 e. The number of hydrogen-bond donors (Lipinski definition) is 1. The van der Waals surface area contributed by atoms with Crippen molar-refractivity contribution in [1.29, 1.82) is 0 Å². The van der Waals surface area contributed by atoms with Crippen LogP contribution in [0.2, 0.25) is 0 Å². The Balaban J connectivity index is 1.74. The first-order valence-corrected chi connectivity index (χ1v) is 9.54. The third kappa shape index (κ3) is 6.02. The molecule has 0 aromatic heterocycles. The third-order valence-electron chi connectivity index (χ3n) is 4.36. The minimum atomic E-state index is -0.296. The van der Waals surface area contributed by atoms with E-state index in [2.05, 4.69) is 12.2 Å². The van der Waals surface area contributed by atoms with E-state index >= 15 is 0 Å². The van der Waals surface area contributed by atoms with Crippen molar-refractivity contribution in [3.05, 3.63) is 24.3 Å². The van der Waals surface area contributed by atoms with E-state index in [0.717, 1.165) is 37.3 Å². The molecule has 2 rings (SSSR count). The molecule has 26 heavy (non-hydrogen) atoms. The lowest BCUT2D eigenvalue weighted by molar-refractivity contribution is -0.126. The predicted molar refractivity (Wildman–Crippen MR) is 101 cm³/mol. The fourth-order valence-electron chi connectivity index (χ4n) is 2.90. The van der Waals surface area contributed by atoms with Crippen molar-refractivity contribution in [1.82, 2.24) is 5.32 Å². The highest BCUT2D eigenvalue weighted by atomic mass is 16.5. The van der Waals surface area contributed by atoms with Crippen LogP contribution >= 0.6 is 0 Å². The molecule has 0 bridgehead atoms. The summed E-state index contributed by atoms with van der Waals surface area (Å²) in [6, 6.07) is 7.41. The monoisotopic (exact) mass is 362 g/mol. The molecule has 0 aliphatic carbocycles. The standard InChI is InChI=1S/C20H30N2O4/c1-3-5-12-25-13-6-11-21-20(24)16-14-19(23)22(15-16)17-7-9-18(10-8-17)26-4-2/h7-10,16H,3-6,11-15H2,1-2H3,(H,21,24). The van der Waals surface area contributed by atoms with Crippen LogP contribution in [0.5, 0.6) is 5.75 Å². The summed E-state index contributed by atoms with van der Waals surface area (Å²) in [5.41, 5.74) is 0.804. The number of anilines is 1. The van der Waals surface area contributed by atoms with Gasteiger partial charge in [0.1, 0.15) is 5.75 Å². The maximum atomic E-state index is 12.3. The van der Waals surface area contributed by atoms with Crippen LogP contribution < -0.4 is 15.0 Å². The Bertz CT molecular complexity index is 574. The number of benzene rings is 1. The molecule has 1 aromatic rings. The van der Waals surface area contributed by atoms with E-state index in [-0.39, 0.29) is 24.2 Å². The zero-order valence-electron chi connectivity index (χ0n) is 15.8. The molecule has 2 amide bonds. The van der Waals surface area contributed by atoms with Gasteiger partial charge in [-0.2, -0.15) is 0 Å². The van der Waals surface area contributed by atoms with Crippen molar-refractivity contribution in [3.63, 3.8) is 0 Å². The Labute approximate surface area is 155 Å². The highest BCUT2D eigenvalue weighted by molar-refractivity contribution is 6.00. The van der Waals surface area contributed by atoms with Gasteiger partial charge in [-0.25, -0.2) is 0 Å². The molecule has 1 aliphatic rings. The molecular formula is C20H30N2O4. The fraction of sp³-hybridized carbons (Fsp3) is 0.600. The first-order valence-electron chi connectivity index (χ1n) is 9.54. The number of nitrogens with zero attached hydrogens (tertiary/aromatic N) is 1. The van der Waals surface area contributed by atoms with Gasteiger partial charge in [-0.3, -0.25) is 9.59 Å². The Hall–Kier alpha value is -2.08. The molecule has 1 aliphatic heterocycles. The molecule has 144 valence electrons. The quantitative estimate of drug-likeness (QED) is 0.615. The molecule has 1 atom stereocenters. The van der Waals surface area contributed by atoms with Gasteiger partial charge in [-0.15, -0.1) is 0 Å². The second-order valence-corrected chi connectivity index (χ2v) is 6.44. The summed E-state index contributed by atoms with van der Waals surface area (Å²) in [6.07, 6.45) is 3.24. The van der Waals surface area contributed by atoms with Crippen molar-refractivity contribution < 1.29 is 19.1 Å². The van der Waals surface area contributed by atoms with Crippen LogP contribution in [0.4, 0.5) is 5.69 Å². The second-order valence-electron chi connectivity index (χ2n) is 6.44. The summed E-state index contributed by atoms with van der Waals surface area (Å²) in [7, 11) is 0. The number of rotatable bonds is 11. The van der Waals surface area contributed by atoms with Crippen LogP contribution in [0.25, 0.3) is 0 Å². The van der Waals surface area contributed by atoms with E-state index in [1.807, 2.05) is 31.2 Å². The van der Waals surface area contributed by atoms with Crippen LogP contribution in [0.15, 0.2) is 24.3 Å². The Morgan fingerprint density at radius 1 is 1.19 bits per heavy atom. The van der Waals surface area contributed by atoms with Gasteiger partial charge in [0, 0.05) is 38.4 Å². The van der Waals surface area contributed by atoms with Gasteiger partial charge in [-0.1, -0.05) is 13.3 Å². The first kappa shape index (κ1) is 20.2. The van der Waals surface area contributed by atoms with Crippen molar-refractivity contribution in [2.45, 2.75) is 39.5 Å². The maximum absolute atomic E-state index is 12.3. The van der Waals surface area contributed by atoms with Crippen LogP contribution in [0.3, 0.4) is 0 Å². The molecule has 6 nitrogen and oxygen atoms in total. The average molecular weight is 362 g/mol. The summed E-state index contributed by atoms with van der Waals surface area (Å²) in [6.45, 7) is 7.10. The number of ether oxygens (including phenoxy) is 2. The third-order valence-corrected chi connectivity index (χ3v) is 4.36. The summed E-state index contributed by atoms with van der Waals surface area (Å²) >= 11 is 0. The first-order chi connectivity index (χ1) is 12.7. The normalized spacial score (nSPS) is 16.8. The van der Waals surface area contributed by atoms with Gasteiger partial charge in [0.2, 0.25) is 11.8 Å². The van der Waals surface area contributed by atoms with E-state index in [1.165, 1.54) is 0 Å². The summed E-state index contributed by atoms with van der Waals surface area (Å²) in [5, 5.41) is 2.92. The number of carbonyl (C=O) groups is 2. The second kappa shape index (κ2) is 10.8. The molecular weight excluding hydrogens is 332 g/mol. The minimum absolute atomic E-state index is 0.0165. The van der Waals surface area contributed by atoms with Gasteiger partial charge in [0.25, 0.3) is 0 Å². The zero-order valence-corrected chi connectivity index (χ0v) is 15.8. The van der Waals surface area contributed by atoms with Gasteiger partial charge in [0.15, 0.2) is 0 Å². The summed E-state index contributed by atoms with van der Waals surface area (Å²) in [5.74, 6) is 0.408. The SMILES string of the molecule is CCCCOCCCNC(=O)C1CC(=O)N(c2ccc(OCC)cc2)C1. The van der Waals surface area contributed by atoms with E-state index in [1.54, 1.807) is 4.90 Å². The number of carbonyl (C=O) groups excluding carboxylic acids is 2. The molecule has 1 aromatic carbocycles. The van der Waals surface area contributed by atoms with Crippen LogP contribution in [0.1, 0.15) is 39.5 Å². The molecule has 6 heteroatoms. The van der Waals surface area contributed by atoms with Crippen molar-refractivity contribution in [2.24, 2.45) is 5.92 Å². The zero-order chi connectivity index (χ0) is 18.8. The lowest BCUT2D eigenvalue weighted by atomic mass is 10.1. The van der Waals surface area contributed by atoms with E-state index in [0.29, 0.717) is 26.3 Å². The van der Waals surface area contributed by atoms with Crippen LogP contribution in [-0.4, -0.2) is 44.7 Å².